The van der Waals surface area contributed by atoms with Gasteiger partial charge in [-0.25, -0.2) is 0 Å². The smallest absolute Gasteiger partial charge is 0.117 e. The summed E-state index contributed by atoms with van der Waals surface area (Å²) in [5, 5.41) is 3.49. The molecule has 1 aromatic heterocycles. The summed E-state index contributed by atoms with van der Waals surface area (Å²) in [5.41, 5.74) is 3.02. The summed E-state index contributed by atoms with van der Waals surface area (Å²) in [6.07, 6.45) is 4.19. The van der Waals surface area contributed by atoms with Gasteiger partial charge in [0.05, 0.1) is 12.8 Å². The lowest BCUT2D eigenvalue weighted by Crippen LogP contribution is -2.39. The molecule has 1 aromatic carbocycles. The van der Waals surface area contributed by atoms with E-state index < -0.39 is 0 Å². The van der Waals surface area contributed by atoms with Gasteiger partial charge in [-0.15, -0.1) is 0 Å². The molecule has 0 radical (unpaired) electrons. The Labute approximate surface area is 127 Å². The summed E-state index contributed by atoms with van der Waals surface area (Å²) in [6.45, 7) is 6.35. The van der Waals surface area contributed by atoms with Crippen LogP contribution in [0.1, 0.15) is 30.2 Å². The zero-order valence-corrected chi connectivity index (χ0v) is 12.7. The topological polar surface area (TPSA) is 28.4 Å². The molecule has 1 aliphatic rings. The van der Waals surface area contributed by atoms with Crippen LogP contribution in [0, 0.1) is 0 Å². The van der Waals surface area contributed by atoms with Crippen molar-refractivity contribution in [3.05, 3.63) is 59.5 Å². The van der Waals surface area contributed by atoms with Gasteiger partial charge in [-0.05, 0) is 49.6 Å². The standard InChI is InChI=1S/C18H24N2O/c1-15(12-19-13-18-9-5-11-21-18)20-10-4-8-16-6-2-3-7-17(16)14-20/h2-3,5-7,9,11,15,19H,4,8,10,12-14H2,1H3. The molecule has 1 atom stereocenters. The zero-order chi connectivity index (χ0) is 14.5. The van der Waals surface area contributed by atoms with Crippen LogP contribution in [0.4, 0.5) is 0 Å². The lowest BCUT2D eigenvalue weighted by molar-refractivity contribution is 0.197. The molecule has 2 heterocycles. The molecule has 0 saturated heterocycles. The number of hydrogen-bond acceptors (Lipinski definition) is 3. The van der Waals surface area contributed by atoms with Crippen LogP contribution >= 0.6 is 0 Å². The third kappa shape index (κ3) is 3.74. The van der Waals surface area contributed by atoms with E-state index in [0.717, 1.165) is 25.4 Å². The van der Waals surface area contributed by atoms with E-state index in [1.165, 1.54) is 30.5 Å². The fraction of sp³-hybridized carbons (Fsp3) is 0.444. The number of aryl methyl sites for hydroxylation is 1. The van der Waals surface area contributed by atoms with Crippen LogP contribution in [0.5, 0.6) is 0 Å². The number of rotatable bonds is 5. The average molecular weight is 284 g/mol. The van der Waals surface area contributed by atoms with Crippen molar-refractivity contribution in [1.29, 1.82) is 0 Å². The monoisotopic (exact) mass is 284 g/mol. The molecular weight excluding hydrogens is 260 g/mol. The molecule has 112 valence electrons. The Morgan fingerprint density at radius 1 is 1.19 bits per heavy atom. The van der Waals surface area contributed by atoms with Gasteiger partial charge in [0.25, 0.3) is 0 Å². The van der Waals surface area contributed by atoms with Gasteiger partial charge in [-0.2, -0.15) is 0 Å². The molecule has 21 heavy (non-hydrogen) atoms. The Morgan fingerprint density at radius 3 is 2.86 bits per heavy atom. The molecule has 3 heteroatoms. The second-order valence-electron chi connectivity index (χ2n) is 5.90. The van der Waals surface area contributed by atoms with Crippen molar-refractivity contribution in [3.63, 3.8) is 0 Å². The van der Waals surface area contributed by atoms with Gasteiger partial charge in [0.2, 0.25) is 0 Å². The van der Waals surface area contributed by atoms with Crippen molar-refractivity contribution in [3.8, 4) is 0 Å². The molecule has 0 saturated carbocycles. The molecule has 2 aromatic rings. The summed E-state index contributed by atoms with van der Waals surface area (Å²) in [7, 11) is 0. The SMILES string of the molecule is CC(CNCc1ccco1)N1CCCc2ccccc2C1. The maximum atomic E-state index is 5.35. The molecule has 3 rings (SSSR count). The first-order chi connectivity index (χ1) is 10.3. The lowest BCUT2D eigenvalue weighted by Gasteiger charge is -2.28. The minimum Gasteiger partial charge on any atom is -0.468 e. The van der Waals surface area contributed by atoms with Crippen molar-refractivity contribution in [2.45, 2.75) is 38.9 Å². The summed E-state index contributed by atoms with van der Waals surface area (Å²) >= 11 is 0. The Balaban J connectivity index is 1.53. The van der Waals surface area contributed by atoms with Gasteiger partial charge in [-0.1, -0.05) is 24.3 Å². The highest BCUT2D eigenvalue weighted by molar-refractivity contribution is 5.28. The molecule has 0 bridgehead atoms. The van der Waals surface area contributed by atoms with E-state index in [1.54, 1.807) is 6.26 Å². The van der Waals surface area contributed by atoms with Crippen molar-refractivity contribution in [2.24, 2.45) is 0 Å². The van der Waals surface area contributed by atoms with Crippen LogP contribution in [0.2, 0.25) is 0 Å². The maximum Gasteiger partial charge on any atom is 0.117 e. The molecular formula is C18H24N2O. The van der Waals surface area contributed by atoms with E-state index in [4.69, 9.17) is 4.42 Å². The molecule has 3 nitrogen and oxygen atoms in total. The van der Waals surface area contributed by atoms with Gasteiger partial charge in [-0.3, -0.25) is 4.90 Å². The van der Waals surface area contributed by atoms with Crippen LogP contribution in [-0.2, 0) is 19.5 Å². The highest BCUT2D eigenvalue weighted by atomic mass is 16.3. The number of fused-ring (bicyclic) bond motifs is 1. The number of hydrogen-bond donors (Lipinski definition) is 1. The van der Waals surface area contributed by atoms with E-state index in [0.29, 0.717) is 6.04 Å². The summed E-state index contributed by atoms with van der Waals surface area (Å²) in [5.74, 6) is 1.00. The van der Waals surface area contributed by atoms with Crippen molar-refractivity contribution >= 4 is 0 Å². The molecule has 0 aliphatic carbocycles. The third-order valence-electron chi connectivity index (χ3n) is 4.33. The van der Waals surface area contributed by atoms with Crippen LogP contribution in [0.3, 0.4) is 0 Å². The second kappa shape index (κ2) is 6.92. The van der Waals surface area contributed by atoms with Gasteiger partial charge in [0.15, 0.2) is 0 Å². The van der Waals surface area contributed by atoms with Gasteiger partial charge >= 0.3 is 0 Å². The number of furan rings is 1. The Morgan fingerprint density at radius 2 is 2.05 bits per heavy atom. The molecule has 1 unspecified atom stereocenters. The molecule has 0 amide bonds. The Hall–Kier alpha value is -1.58. The minimum absolute atomic E-state index is 0.533. The van der Waals surface area contributed by atoms with E-state index in [1.807, 2.05) is 12.1 Å². The third-order valence-corrected chi connectivity index (χ3v) is 4.33. The predicted octanol–water partition coefficient (Wildman–Crippen LogP) is 3.21. The quantitative estimate of drug-likeness (QED) is 0.914. The summed E-state index contributed by atoms with van der Waals surface area (Å²) < 4.78 is 5.35. The van der Waals surface area contributed by atoms with E-state index in [9.17, 15) is 0 Å². The van der Waals surface area contributed by atoms with E-state index >= 15 is 0 Å². The van der Waals surface area contributed by atoms with Crippen molar-refractivity contribution in [1.82, 2.24) is 10.2 Å². The van der Waals surface area contributed by atoms with E-state index in [-0.39, 0.29) is 0 Å². The van der Waals surface area contributed by atoms with Crippen LogP contribution in [0.25, 0.3) is 0 Å². The first-order valence-electron chi connectivity index (χ1n) is 7.87. The van der Waals surface area contributed by atoms with Gasteiger partial charge in [0.1, 0.15) is 5.76 Å². The Bertz CT molecular complexity index is 550. The number of nitrogens with one attached hydrogen (secondary N) is 1. The van der Waals surface area contributed by atoms with Crippen LogP contribution in [0.15, 0.2) is 47.1 Å². The first-order valence-corrected chi connectivity index (χ1v) is 7.87. The second-order valence-corrected chi connectivity index (χ2v) is 5.90. The summed E-state index contributed by atoms with van der Waals surface area (Å²) in [6, 6.07) is 13.3. The molecule has 0 fully saturated rings. The number of benzene rings is 1. The van der Waals surface area contributed by atoms with Gasteiger partial charge in [0, 0.05) is 19.1 Å². The predicted molar refractivity (Wildman–Crippen MR) is 85.0 cm³/mol. The van der Waals surface area contributed by atoms with Crippen LogP contribution in [-0.4, -0.2) is 24.0 Å². The first kappa shape index (κ1) is 14.4. The Kier molecular flexibility index (Phi) is 4.73. The number of nitrogens with zero attached hydrogens (tertiary/aromatic N) is 1. The fourth-order valence-corrected chi connectivity index (χ4v) is 3.05. The van der Waals surface area contributed by atoms with Gasteiger partial charge < -0.3 is 9.73 Å². The minimum atomic E-state index is 0.533. The normalized spacial score (nSPS) is 17.2. The van der Waals surface area contributed by atoms with Crippen molar-refractivity contribution < 1.29 is 4.42 Å². The molecule has 1 N–H and O–H groups in total. The zero-order valence-electron chi connectivity index (χ0n) is 12.7. The van der Waals surface area contributed by atoms with Crippen LogP contribution < -0.4 is 5.32 Å². The molecule has 1 aliphatic heterocycles. The maximum absolute atomic E-state index is 5.35. The largest absolute Gasteiger partial charge is 0.468 e. The van der Waals surface area contributed by atoms with E-state index in [2.05, 4.69) is 41.4 Å². The summed E-state index contributed by atoms with van der Waals surface area (Å²) in [4.78, 5) is 2.58. The fourth-order valence-electron chi connectivity index (χ4n) is 3.05. The average Bonchev–Trinajstić information content (AvgIpc) is 2.91. The van der Waals surface area contributed by atoms with Crippen molar-refractivity contribution in [2.75, 3.05) is 13.1 Å². The highest BCUT2D eigenvalue weighted by Gasteiger charge is 2.18. The lowest BCUT2D eigenvalue weighted by atomic mass is 10.0. The molecule has 0 spiro atoms. The highest BCUT2D eigenvalue weighted by Crippen LogP contribution is 2.19.